The molecule has 5 heteroatoms. The second-order valence-corrected chi connectivity index (χ2v) is 5.48. The maximum atomic E-state index is 11.5. The van der Waals surface area contributed by atoms with E-state index in [2.05, 4.69) is 17.2 Å². The lowest BCUT2D eigenvalue weighted by atomic mass is 10.1. The summed E-state index contributed by atoms with van der Waals surface area (Å²) in [5.41, 5.74) is 0.0636. The topological polar surface area (TPSA) is 67.4 Å². The summed E-state index contributed by atoms with van der Waals surface area (Å²) >= 11 is 0. The molecule has 104 valence electrons. The Hall–Kier alpha value is -1.52. The second-order valence-electron chi connectivity index (χ2n) is 5.48. The van der Waals surface area contributed by atoms with Crippen LogP contribution in [0, 0.1) is 5.92 Å². The first-order valence-electron chi connectivity index (χ1n) is 6.02. The van der Waals surface area contributed by atoms with Gasteiger partial charge in [0, 0.05) is 19.2 Å². The Morgan fingerprint density at radius 3 is 2.33 bits per heavy atom. The van der Waals surface area contributed by atoms with Crippen molar-refractivity contribution >= 4 is 12.0 Å². The third-order valence-electron chi connectivity index (χ3n) is 1.97. The molecule has 0 aliphatic rings. The highest BCUT2D eigenvalue weighted by atomic mass is 16.6. The highest BCUT2D eigenvalue weighted by Gasteiger charge is 2.17. The lowest BCUT2D eigenvalue weighted by Crippen LogP contribution is -2.33. The van der Waals surface area contributed by atoms with Crippen LogP contribution in [0.4, 0.5) is 4.79 Å². The zero-order valence-electron chi connectivity index (χ0n) is 11.9. The molecule has 1 atom stereocenters. The number of hydrogen-bond acceptors (Lipinski definition) is 3. The van der Waals surface area contributed by atoms with Crippen molar-refractivity contribution in [3.05, 3.63) is 12.3 Å². The van der Waals surface area contributed by atoms with Crippen molar-refractivity contribution in [1.29, 1.82) is 0 Å². The van der Waals surface area contributed by atoms with Crippen molar-refractivity contribution in [3.63, 3.8) is 0 Å². The Morgan fingerprint density at radius 1 is 1.33 bits per heavy atom. The molecule has 2 amide bonds. The van der Waals surface area contributed by atoms with Crippen LogP contribution in [-0.4, -0.2) is 24.1 Å². The first-order chi connectivity index (χ1) is 8.10. The Morgan fingerprint density at radius 2 is 1.89 bits per heavy atom. The predicted molar refractivity (Wildman–Crippen MR) is 71.0 cm³/mol. The Labute approximate surface area is 109 Å². The molecule has 0 aliphatic carbocycles. The third kappa shape index (κ3) is 9.69. The van der Waals surface area contributed by atoms with Crippen molar-refractivity contribution in [2.45, 2.75) is 46.6 Å². The first kappa shape index (κ1) is 16.5. The lowest BCUT2D eigenvalue weighted by Gasteiger charge is -2.21. The summed E-state index contributed by atoms with van der Waals surface area (Å²) < 4.78 is 5.11. The molecule has 1 unspecified atom stereocenters. The normalized spacial score (nSPS) is 12.5. The molecule has 0 spiro atoms. The van der Waals surface area contributed by atoms with E-state index in [4.69, 9.17) is 4.74 Å². The van der Waals surface area contributed by atoms with E-state index >= 15 is 0 Å². The van der Waals surface area contributed by atoms with E-state index in [0.717, 1.165) is 0 Å². The molecule has 0 aromatic carbocycles. The molecular formula is C13H24N2O3. The molecule has 0 bridgehead atoms. The molecular weight excluding hydrogens is 232 g/mol. The molecule has 0 saturated heterocycles. The Bertz CT molecular complexity index is 319. The van der Waals surface area contributed by atoms with Crippen molar-refractivity contribution in [2.24, 2.45) is 5.92 Å². The number of alkyl carbamates (subject to hydrolysis) is 1. The summed E-state index contributed by atoms with van der Waals surface area (Å²) in [7, 11) is 0. The van der Waals surface area contributed by atoms with Gasteiger partial charge in [0.15, 0.2) is 0 Å². The number of hydrogen-bond donors (Lipinski definition) is 2. The molecule has 2 N–H and O–H groups in total. The molecule has 0 fully saturated rings. The minimum Gasteiger partial charge on any atom is -0.444 e. The third-order valence-corrected chi connectivity index (χ3v) is 1.97. The SMILES string of the molecule is C=C(CC(C)CNC(C)=O)NC(=O)OC(C)(C)C. The van der Waals surface area contributed by atoms with E-state index in [1.807, 2.05) is 6.92 Å². The minimum atomic E-state index is -0.522. The van der Waals surface area contributed by atoms with Crippen LogP contribution >= 0.6 is 0 Å². The maximum Gasteiger partial charge on any atom is 0.411 e. The lowest BCUT2D eigenvalue weighted by molar-refractivity contribution is -0.119. The molecule has 0 aromatic rings. The van der Waals surface area contributed by atoms with Gasteiger partial charge in [0.2, 0.25) is 5.91 Å². The summed E-state index contributed by atoms with van der Waals surface area (Å²) in [5, 5.41) is 5.30. The number of carbonyl (C=O) groups excluding carboxylic acids is 2. The molecule has 0 saturated carbocycles. The quantitative estimate of drug-likeness (QED) is 0.792. The standard InChI is InChI=1S/C13H24N2O3/c1-9(8-14-11(3)16)7-10(2)15-12(17)18-13(4,5)6/h9H,2,7-8H2,1,3-6H3,(H,14,16)(H,15,17). The van der Waals surface area contributed by atoms with Crippen LogP contribution in [0.25, 0.3) is 0 Å². The smallest absolute Gasteiger partial charge is 0.411 e. The number of nitrogens with one attached hydrogen (secondary N) is 2. The van der Waals surface area contributed by atoms with E-state index < -0.39 is 11.7 Å². The highest BCUT2D eigenvalue weighted by Crippen LogP contribution is 2.10. The van der Waals surface area contributed by atoms with E-state index in [1.54, 1.807) is 20.8 Å². The first-order valence-corrected chi connectivity index (χ1v) is 6.02. The van der Waals surface area contributed by atoms with Gasteiger partial charge >= 0.3 is 6.09 Å². The fourth-order valence-corrected chi connectivity index (χ4v) is 1.31. The number of ether oxygens (including phenoxy) is 1. The largest absolute Gasteiger partial charge is 0.444 e. The van der Waals surface area contributed by atoms with Crippen LogP contribution in [0.15, 0.2) is 12.3 Å². The fourth-order valence-electron chi connectivity index (χ4n) is 1.31. The number of carbonyl (C=O) groups is 2. The fraction of sp³-hybridized carbons (Fsp3) is 0.692. The molecule has 0 aromatic heterocycles. The number of rotatable bonds is 5. The second kappa shape index (κ2) is 7.03. The van der Waals surface area contributed by atoms with Gasteiger partial charge in [-0.25, -0.2) is 4.79 Å². The zero-order valence-corrected chi connectivity index (χ0v) is 11.9. The summed E-state index contributed by atoms with van der Waals surface area (Å²) in [6.45, 7) is 13.2. The van der Waals surface area contributed by atoms with Gasteiger partial charge < -0.3 is 10.1 Å². The van der Waals surface area contributed by atoms with Crippen molar-refractivity contribution in [3.8, 4) is 0 Å². The summed E-state index contributed by atoms with van der Waals surface area (Å²) in [6, 6.07) is 0. The van der Waals surface area contributed by atoms with Crippen molar-refractivity contribution in [1.82, 2.24) is 10.6 Å². The van der Waals surface area contributed by atoms with E-state index in [-0.39, 0.29) is 11.8 Å². The van der Waals surface area contributed by atoms with Crippen LogP contribution in [0.5, 0.6) is 0 Å². The monoisotopic (exact) mass is 256 g/mol. The van der Waals surface area contributed by atoms with Crippen LogP contribution in [-0.2, 0) is 9.53 Å². The van der Waals surface area contributed by atoms with Crippen LogP contribution < -0.4 is 10.6 Å². The van der Waals surface area contributed by atoms with Crippen LogP contribution in [0.3, 0.4) is 0 Å². The average Bonchev–Trinajstić information content (AvgIpc) is 2.10. The van der Waals surface area contributed by atoms with Gasteiger partial charge in [0.25, 0.3) is 0 Å². The maximum absolute atomic E-state index is 11.5. The highest BCUT2D eigenvalue weighted by molar-refractivity contribution is 5.72. The minimum absolute atomic E-state index is 0.0624. The van der Waals surface area contributed by atoms with Gasteiger partial charge in [-0.05, 0) is 33.1 Å². The molecule has 0 aliphatic heterocycles. The summed E-state index contributed by atoms with van der Waals surface area (Å²) in [4.78, 5) is 22.2. The molecule has 18 heavy (non-hydrogen) atoms. The molecule has 5 nitrogen and oxygen atoms in total. The Balaban J connectivity index is 3.96. The zero-order chi connectivity index (χ0) is 14.3. The van der Waals surface area contributed by atoms with E-state index in [1.165, 1.54) is 6.92 Å². The predicted octanol–water partition coefficient (Wildman–Crippen LogP) is 2.19. The number of amides is 2. The Kier molecular flexibility index (Phi) is 6.44. The van der Waals surface area contributed by atoms with Gasteiger partial charge in [-0.15, -0.1) is 0 Å². The summed E-state index contributed by atoms with van der Waals surface area (Å²) in [6.07, 6.45) is 0.0960. The van der Waals surface area contributed by atoms with Crippen LogP contribution in [0.2, 0.25) is 0 Å². The van der Waals surface area contributed by atoms with Crippen LogP contribution in [0.1, 0.15) is 41.0 Å². The van der Waals surface area contributed by atoms with Gasteiger partial charge in [-0.3, -0.25) is 10.1 Å². The molecule has 0 rings (SSSR count). The van der Waals surface area contributed by atoms with Gasteiger partial charge in [-0.2, -0.15) is 0 Å². The average molecular weight is 256 g/mol. The van der Waals surface area contributed by atoms with Gasteiger partial charge in [0.1, 0.15) is 5.60 Å². The summed E-state index contributed by atoms with van der Waals surface area (Å²) in [5.74, 6) is 0.143. The molecule has 0 heterocycles. The van der Waals surface area contributed by atoms with Crippen molar-refractivity contribution < 1.29 is 14.3 Å². The van der Waals surface area contributed by atoms with E-state index in [0.29, 0.717) is 18.7 Å². The molecule has 0 radical (unpaired) electrons. The van der Waals surface area contributed by atoms with Gasteiger partial charge in [-0.1, -0.05) is 13.5 Å². The number of allylic oxidation sites excluding steroid dienone is 1. The van der Waals surface area contributed by atoms with Gasteiger partial charge in [0.05, 0.1) is 0 Å². The van der Waals surface area contributed by atoms with Crippen molar-refractivity contribution in [2.75, 3.05) is 6.54 Å². The van der Waals surface area contributed by atoms with E-state index in [9.17, 15) is 9.59 Å².